The maximum atomic E-state index is 12.3. The number of aromatic nitrogens is 3. The van der Waals surface area contributed by atoms with Gasteiger partial charge in [-0.25, -0.2) is 9.78 Å². The molecule has 2 aromatic rings. The number of amides is 2. The molecule has 1 fully saturated rings. The van der Waals surface area contributed by atoms with Crippen molar-refractivity contribution in [3.05, 3.63) is 35.7 Å². The highest BCUT2D eigenvalue weighted by Crippen LogP contribution is 2.37. The summed E-state index contributed by atoms with van der Waals surface area (Å²) in [6, 6.07) is 5.03. The highest BCUT2D eigenvalue weighted by atomic mass is 16.5. The number of H-pyrrole nitrogens is 1. The lowest BCUT2D eigenvalue weighted by Gasteiger charge is -2.31. The average molecular weight is 431 g/mol. The standard InChI is InChI=1S/C21H29N5O5/c1-13(12-30-2)26(21(28)29)16-6-5-15(9-16)17-10-18(25-24-17)23-19(27)8-14-4-7-20(31-3)22-11-14/h4,7,10-11,13,15-16H,5-6,8-9,12H2,1-3H3,(H,28,29)(H2,23,24,25,27)/t13?,15-,16+/m0/s1. The molecule has 0 spiro atoms. The van der Waals surface area contributed by atoms with E-state index in [1.54, 1.807) is 25.4 Å². The Bertz CT molecular complexity index is 885. The number of methoxy groups -OCH3 is 2. The first-order valence-electron chi connectivity index (χ1n) is 10.3. The fourth-order valence-corrected chi connectivity index (χ4v) is 4.14. The SMILES string of the molecule is COCC(C)N(C(=O)O)[C@@H]1CC[C@H](c2cc(NC(=O)Cc3ccc(OC)nc3)n[nH]2)C1. The molecule has 10 heteroatoms. The van der Waals surface area contributed by atoms with Gasteiger partial charge in [-0.3, -0.25) is 9.89 Å². The Morgan fingerprint density at radius 2 is 2.16 bits per heavy atom. The smallest absolute Gasteiger partial charge is 0.407 e. The van der Waals surface area contributed by atoms with Gasteiger partial charge in [-0.15, -0.1) is 0 Å². The van der Waals surface area contributed by atoms with Crippen molar-refractivity contribution in [1.82, 2.24) is 20.1 Å². The molecule has 1 unspecified atom stereocenters. The van der Waals surface area contributed by atoms with E-state index in [1.807, 2.05) is 13.0 Å². The van der Waals surface area contributed by atoms with E-state index in [0.717, 1.165) is 24.1 Å². The predicted molar refractivity (Wildman–Crippen MR) is 113 cm³/mol. The molecule has 0 aromatic carbocycles. The molecule has 1 aliphatic carbocycles. The number of nitrogens with one attached hydrogen (secondary N) is 2. The van der Waals surface area contributed by atoms with Crippen LogP contribution in [0.4, 0.5) is 10.6 Å². The van der Waals surface area contributed by atoms with E-state index in [1.165, 1.54) is 12.0 Å². The van der Waals surface area contributed by atoms with E-state index in [4.69, 9.17) is 9.47 Å². The Kier molecular flexibility index (Phi) is 7.45. The minimum atomic E-state index is -0.930. The molecule has 10 nitrogen and oxygen atoms in total. The van der Waals surface area contributed by atoms with E-state index in [2.05, 4.69) is 20.5 Å². The molecule has 2 heterocycles. The zero-order valence-electron chi connectivity index (χ0n) is 18.0. The minimum Gasteiger partial charge on any atom is -0.481 e. The van der Waals surface area contributed by atoms with Gasteiger partial charge in [0.25, 0.3) is 0 Å². The first kappa shape index (κ1) is 22.5. The van der Waals surface area contributed by atoms with Crippen molar-refractivity contribution in [1.29, 1.82) is 0 Å². The first-order chi connectivity index (χ1) is 14.9. The van der Waals surface area contributed by atoms with E-state index in [9.17, 15) is 14.7 Å². The molecule has 0 saturated heterocycles. The van der Waals surface area contributed by atoms with Crippen molar-refractivity contribution in [2.24, 2.45) is 0 Å². The number of aromatic amines is 1. The van der Waals surface area contributed by atoms with Gasteiger partial charge in [-0.2, -0.15) is 5.10 Å². The number of nitrogens with zero attached hydrogens (tertiary/aromatic N) is 3. The number of hydrogen-bond donors (Lipinski definition) is 3. The van der Waals surface area contributed by atoms with Gasteiger partial charge < -0.3 is 24.8 Å². The van der Waals surface area contributed by atoms with Crippen LogP contribution in [-0.2, 0) is 16.0 Å². The monoisotopic (exact) mass is 431 g/mol. The summed E-state index contributed by atoms with van der Waals surface area (Å²) in [5.74, 6) is 0.909. The zero-order valence-corrected chi connectivity index (χ0v) is 18.0. The number of carbonyl (C=O) groups is 2. The zero-order chi connectivity index (χ0) is 22.4. The van der Waals surface area contributed by atoms with Gasteiger partial charge in [-0.05, 0) is 31.7 Å². The lowest BCUT2D eigenvalue weighted by atomic mass is 10.0. The number of carboxylic acid groups (broad SMARTS) is 1. The van der Waals surface area contributed by atoms with Crippen molar-refractivity contribution in [3.8, 4) is 5.88 Å². The molecule has 3 rings (SSSR count). The quantitative estimate of drug-likeness (QED) is 0.556. The second kappa shape index (κ2) is 10.3. The average Bonchev–Trinajstić information content (AvgIpc) is 3.38. The number of pyridine rings is 1. The van der Waals surface area contributed by atoms with E-state index < -0.39 is 6.09 Å². The van der Waals surface area contributed by atoms with Gasteiger partial charge in [0.15, 0.2) is 5.82 Å². The summed E-state index contributed by atoms with van der Waals surface area (Å²) in [5.41, 5.74) is 1.67. The molecule has 31 heavy (non-hydrogen) atoms. The number of hydrogen-bond acceptors (Lipinski definition) is 6. The van der Waals surface area contributed by atoms with Crippen LogP contribution in [0.3, 0.4) is 0 Å². The highest BCUT2D eigenvalue weighted by Gasteiger charge is 2.35. The number of ether oxygens (including phenoxy) is 2. The topological polar surface area (TPSA) is 130 Å². The number of rotatable bonds is 9. The van der Waals surface area contributed by atoms with E-state index in [0.29, 0.717) is 24.7 Å². The number of carbonyl (C=O) groups excluding carboxylic acids is 1. The number of anilines is 1. The van der Waals surface area contributed by atoms with Crippen molar-refractivity contribution in [3.63, 3.8) is 0 Å². The van der Waals surface area contributed by atoms with Crippen LogP contribution in [0.1, 0.15) is 43.4 Å². The summed E-state index contributed by atoms with van der Waals surface area (Å²) in [6.45, 7) is 2.21. The van der Waals surface area contributed by atoms with Crippen molar-refractivity contribution in [2.45, 2.75) is 50.6 Å². The Hall–Kier alpha value is -3.14. The fourth-order valence-electron chi connectivity index (χ4n) is 4.14. The Morgan fingerprint density at radius 3 is 2.81 bits per heavy atom. The second-order valence-electron chi connectivity index (χ2n) is 7.80. The molecule has 0 radical (unpaired) electrons. The van der Waals surface area contributed by atoms with Gasteiger partial charge in [0.05, 0.1) is 26.2 Å². The molecule has 3 atom stereocenters. The van der Waals surface area contributed by atoms with Crippen LogP contribution in [0.25, 0.3) is 0 Å². The normalized spacial score (nSPS) is 19.1. The third kappa shape index (κ3) is 5.72. The van der Waals surface area contributed by atoms with Crippen LogP contribution >= 0.6 is 0 Å². The van der Waals surface area contributed by atoms with Gasteiger partial charge in [0.1, 0.15) is 0 Å². The van der Waals surface area contributed by atoms with Gasteiger partial charge >= 0.3 is 6.09 Å². The summed E-state index contributed by atoms with van der Waals surface area (Å²) in [4.78, 5) is 29.6. The molecule has 1 saturated carbocycles. The summed E-state index contributed by atoms with van der Waals surface area (Å²) in [5, 5.41) is 19.6. The van der Waals surface area contributed by atoms with Crippen LogP contribution < -0.4 is 10.1 Å². The van der Waals surface area contributed by atoms with Crippen LogP contribution in [0.5, 0.6) is 5.88 Å². The molecule has 168 valence electrons. The lowest BCUT2D eigenvalue weighted by molar-refractivity contribution is -0.115. The van der Waals surface area contributed by atoms with Gasteiger partial charge in [-0.1, -0.05) is 6.07 Å². The molecule has 2 amide bonds. The molecule has 0 bridgehead atoms. The Morgan fingerprint density at radius 1 is 1.35 bits per heavy atom. The second-order valence-corrected chi connectivity index (χ2v) is 7.80. The van der Waals surface area contributed by atoms with Gasteiger partial charge in [0, 0.05) is 43.1 Å². The van der Waals surface area contributed by atoms with Crippen molar-refractivity contribution < 1.29 is 24.2 Å². The third-order valence-corrected chi connectivity index (χ3v) is 5.58. The van der Waals surface area contributed by atoms with Crippen LogP contribution in [0.15, 0.2) is 24.4 Å². The molecule has 2 aromatic heterocycles. The fraction of sp³-hybridized carbons (Fsp3) is 0.524. The van der Waals surface area contributed by atoms with Crippen LogP contribution in [0.2, 0.25) is 0 Å². The van der Waals surface area contributed by atoms with Crippen LogP contribution in [0, 0.1) is 0 Å². The summed E-state index contributed by atoms with van der Waals surface area (Å²) in [7, 11) is 3.11. The molecule has 1 aliphatic rings. The Balaban J connectivity index is 1.56. The largest absolute Gasteiger partial charge is 0.481 e. The molecular formula is C21H29N5O5. The first-order valence-corrected chi connectivity index (χ1v) is 10.3. The summed E-state index contributed by atoms with van der Waals surface area (Å²) in [6.07, 6.45) is 3.17. The third-order valence-electron chi connectivity index (χ3n) is 5.58. The molecular weight excluding hydrogens is 402 g/mol. The minimum absolute atomic E-state index is 0.0726. The van der Waals surface area contributed by atoms with Crippen molar-refractivity contribution in [2.75, 3.05) is 26.1 Å². The summed E-state index contributed by atoms with van der Waals surface area (Å²) < 4.78 is 10.1. The van der Waals surface area contributed by atoms with E-state index >= 15 is 0 Å². The Labute approximate surface area is 180 Å². The van der Waals surface area contributed by atoms with Gasteiger partial charge in [0.2, 0.25) is 11.8 Å². The lowest BCUT2D eigenvalue weighted by Crippen LogP contribution is -2.46. The van der Waals surface area contributed by atoms with Crippen LogP contribution in [-0.4, -0.2) is 70.1 Å². The molecule has 3 N–H and O–H groups in total. The predicted octanol–water partition coefficient (Wildman–Crippen LogP) is 2.65. The molecule has 0 aliphatic heterocycles. The van der Waals surface area contributed by atoms with E-state index in [-0.39, 0.29) is 30.3 Å². The maximum Gasteiger partial charge on any atom is 0.407 e. The highest BCUT2D eigenvalue weighted by molar-refractivity contribution is 5.91. The van der Waals surface area contributed by atoms with Crippen molar-refractivity contribution >= 4 is 17.8 Å². The maximum absolute atomic E-state index is 12.3. The summed E-state index contributed by atoms with van der Waals surface area (Å²) >= 11 is 0.